The molecular formula is C34H28N6O3. The minimum atomic E-state index is -0.204. The van der Waals surface area contributed by atoms with Crippen LogP contribution in [-0.4, -0.2) is 42.4 Å². The minimum absolute atomic E-state index is 0.0569. The van der Waals surface area contributed by atoms with Crippen LogP contribution < -0.4 is 10.6 Å². The van der Waals surface area contributed by atoms with Gasteiger partial charge < -0.3 is 24.9 Å². The Balaban J connectivity index is 1.05. The van der Waals surface area contributed by atoms with Gasteiger partial charge in [0.05, 0.1) is 24.0 Å². The second-order valence-electron chi connectivity index (χ2n) is 10.5. The number of nitrogens with zero attached hydrogens (tertiary/aromatic N) is 4. The molecule has 0 unspecified atom stereocenters. The molecule has 0 saturated heterocycles. The highest BCUT2D eigenvalue weighted by Crippen LogP contribution is 2.25. The third-order valence-electron chi connectivity index (χ3n) is 7.72. The van der Waals surface area contributed by atoms with E-state index in [1.165, 1.54) is 0 Å². The molecule has 0 bridgehead atoms. The molecule has 3 aromatic heterocycles. The molecule has 43 heavy (non-hydrogen) atoms. The number of hydrogen-bond acceptors (Lipinski definition) is 4. The fourth-order valence-electron chi connectivity index (χ4n) is 5.48. The van der Waals surface area contributed by atoms with Gasteiger partial charge in [0, 0.05) is 75.7 Å². The molecule has 0 spiro atoms. The van der Waals surface area contributed by atoms with Gasteiger partial charge in [-0.1, -0.05) is 0 Å². The van der Waals surface area contributed by atoms with Crippen LogP contribution in [0.25, 0.3) is 38.4 Å². The maximum atomic E-state index is 13.0. The summed E-state index contributed by atoms with van der Waals surface area (Å²) < 4.78 is 5.80. The SMILES string of the molecule is Cn1ccc2cc(C(=O)Nc3ccc(-n4ncc5cc(NC(=O)c6ccc7c(ccn7CCO)c6)ccc54)cc3)ccc21. The Hall–Kier alpha value is -5.67. The molecule has 0 radical (unpaired) electrons. The highest BCUT2D eigenvalue weighted by Gasteiger charge is 2.12. The van der Waals surface area contributed by atoms with Crippen molar-refractivity contribution in [2.45, 2.75) is 6.54 Å². The summed E-state index contributed by atoms with van der Waals surface area (Å²) in [5, 5.41) is 22.6. The normalized spacial score (nSPS) is 11.4. The molecule has 0 fully saturated rings. The topological polar surface area (TPSA) is 106 Å². The molecule has 0 aliphatic carbocycles. The number of hydrogen-bond donors (Lipinski definition) is 3. The number of rotatable bonds is 7. The number of aliphatic hydroxyl groups is 1. The van der Waals surface area contributed by atoms with E-state index in [-0.39, 0.29) is 18.4 Å². The Bertz CT molecular complexity index is 2150. The largest absolute Gasteiger partial charge is 0.395 e. The van der Waals surface area contributed by atoms with E-state index < -0.39 is 0 Å². The van der Waals surface area contributed by atoms with Crippen LogP contribution in [0.15, 0.2) is 110 Å². The maximum absolute atomic E-state index is 13.0. The number of fused-ring (bicyclic) bond motifs is 3. The number of carbonyl (C=O) groups excluding carboxylic acids is 2. The monoisotopic (exact) mass is 568 g/mol. The molecule has 3 heterocycles. The molecule has 2 amide bonds. The number of amides is 2. The van der Waals surface area contributed by atoms with E-state index in [1.807, 2.05) is 118 Å². The van der Waals surface area contributed by atoms with Crippen molar-refractivity contribution in [3.63, 3.8) is 0 Å². The lowest BCUT2D eigenvalue weighted by Gasteiger charge is -2.09. The van der Waals surface area contributed by atoms with Crippen molar-refractivity contribution in [2.24, 2.45) is 7.05 Å². The van der Waals surface area contributed by atoms with Gasteiger partial charge in [-0.05, 0) is 91.0 Å². The van der Waals surface area contributed by atoms with Crippen LogP contribution in [-0.2, 0) is 13.6 Å². The maximum Gasteiger partial charge on any atom is 0.255 e. The van der Waals surface area contributed by atoms with Gasteiger partial charge in [-0.3, -0.25) is 9.59 Å². The second-order valence-corrected chi connectivity index (χ2v) is 10.5. The fraction of sp³-hybridized carbons (Fsp3) is 0.0882. The number of carbonyl (C=O) groups is 2. The smallest absolute Gasteiger partial charge is 0.255 e. The summed E-state index contributed by atoms with van der Waals surface area (Å²) in [5.74, 6) is -0.373. The average molecular weight is 569 g/mol. The first-order chi connectivity index (χ1) is 21.0. The number of aromatic nitrogens is 4. The summed E-state index contributed by atoms with van der Waals surface area (Å²) in [4.78, 5) is 25.9. The highest BCUT2D eigenvalue weighted by molar-refractivity contribution is 6.07. The van der Waals surface area contributed by atoms with Gasteiger partial charge in [-0.2, -0.15) is 5.10 Å². The van der Waals surface area contributed by atoms with E-state index in [0.29, 0.717) is 29.0 Å². The van der Waals surface area contributed by atoms with Crippen LogP contribution in [0.1, 0.15) is 20.7 Å². The molecule has 0 aliphatic rings. The van der Waals surface area contributed by atoms with Gasteiger partial charge in [-0.15, -0.1) is 0 Å². The standard InChI is InChI=1S/C34H28N6O3/c1-38-14-12-22-18-24(2-9-30(22)38)33(42)36-27-4-7-29(8-5-27)40-32-11-6-28(20-26(32)21-35-40)37-34(43)25-3-10-31-23(19-25)13-15-39(31)16-17-41/h2-15,18-21,41H,16-17H2,1H3,(H,36,42)(H,37,43). The van der Waals surface area contributed by atoms with Crippen LogP contribution in [0.5, 0.6) is 0 Å². The van der Waals surface area contributed by atoms with E-state index in [4.69, 9.17) is 0 Å². The first-order valence-corrected chi connectivity index (χ1v) is 13.9. The molecule has 0 saturated carbocycles. The zero-order valence-corrected chi connectivity index (χ0v) is 23.4. The van der Waals surface area contributed by atoms with Crippen molar-refractivity contribution in [1.29, 1.82) is 0 Å². The molecule has 7 rings (SSSR count). The lowest BCUT2D eigenvalue weighted by molar-refractivity contribution is 0.101. The van der Waals surface area contributed by atoms with Gasteiger partial charge in [0.1, 0.15) is 0 Å². The van der Waals surface area contributed by atoms with Crippen LogP contribution in [0, 0.1) is 0 Å². The van der Waals surface area contributed by atoms with Crippen molar-refractivity contribution < 1.29 is 14.7 Å². The predicted octanol–water partition coefficient (Wildman–Crippen LogP) is 5.97. The van der Waals surface area contributed by atoms with E-state index >= 15 is 0 Å². The lowest BCUT2D eigenvalue weighted by Crippen LogP contribution is -2.12. The number of benzene rings is 4. The Labute approximate surface area is 246 Å². The number of aryl methyl sites for hydroxylation is 1. The molecule has 212 valence electrons. The third kappa shape index (κ3) is 4.92. The molecule has 9 heteroatoms. The fourth-order valence-corrected chi connectivity index (χ4v) is 5.48. The average Bonchev–Trinajstić information content (AvgIpc) is 3.74. The quantitative estimate of drug-likeness (QED) is 0.220. The summed E-state index contributed by atoms with van der Waals surface area (Å²) in [5.41, 5.74) is 6.28. The van der Waals surface area contributed by atoms with Crippen molar-refractivity contribution >= 4 is 55.9 Å². The summed E-state index contributed by atoms with van der Waals surface area (Å²) in [6.45, 7) is 0.566. The van der Waals surface area contributed by atoms with Gasteiger partial charge >= 0.3 is 0 Å². The minimum Gasteiger partial charge on any atom is -0.395 e. The van der Waals surface area contributed by atoms with Crippen LogP contribution >= 0.6 is 0 Å². The third-order valence-corrected chi connectivity index (χ3v) is 7.72. The summed E-state index contributed by atoms with van der Waals surface area (Å²) in [7, 11) is 1.98. The van der Waals surface area contributed by atoms with Crippen molar-refractivity contribution in [3.8, 4) is 5.69 Å². The Morgan fingerprint density at radius 1 is 0.698 bits per heavy atom. The Morgan fingerprint density at radius 3 is 2.07 bits per heavy atom. The first kappa shape index (κ1) is 26.2. The first-order valence-electron chi connectivity index (χ1n) is 13.9. The Kier molecular flexibility index (Phi) is 6.48. The summed E-state index contributed by atoms with van der Waals surface area (Å²) in [6.07, 6.45) is 5.64. The van der Waals surface area contributed by atoms with Gasteiger partial charge in [0.2, 0.25) is 0 Å². The van der Waals surface area contributed by atoms with E-state index in [2.05, 4.69) is 15.7 Å². The van der Waals surface area contributed by atoms with Crippen LogP contribution in [0.2, 0.25) is 0 Å². The molecule has 7 aromatic rings. The molecule has 4 aromatic carbocycles. The molecule has 0 aliphatic heterocycles. The molecule has 9 nitrogen and oxygen atoms in total. The zero-order valence-electron chi connectivity index (χ0n) is 23.4. The van der Waals surface area contributed by atoms with Crippen LogP contribution in [0.4, 0.5) is 11.4 Å². The summed E-state index contributed by atoms with van der Waals surface area (Å²) >= 11 is 0. The molecule has 3 N–H and O–H groups in total. The molecule has 0 atom stereocenters. The van der Waals surface area contributed by atoms with Gasteiger partial charge in [-0.25, -0.2) is 4.68 Å². The number of aliphatic hydroxyl groups excluding tert-OH is 1. The van der Waals surface area contributed by atoms with E-state index in [9.17, 15) is 14.7 Å². The van der Waals surface area contributed by atoms with Gasteiger partial charge in [0.15, 0.2) is 0 Å². The molecular weight excluding hydrogens is 540 g/mol. The zero-order chi connectivity index (χ0) is 29.5. The Morgan fingerprint density at radius 2 is 1.33 bits per heavy atom. The van der Waals surface area contributed by atoms with Crippen molar-refractivity contribution in [1.82, 2.24) is 18.9 Å². The summed E-state index contributed by atoms with van der Waals surface area (Å²) in [6, 6.07) is 28.3. The highest BCUT2D eigenvalue weighted by atomic mass is 16.3. The van der Waals surface area contributed by atoms with Crippen LogP contribution in [0.3, 0.4) is 0 Å². The van der Waals surface area contributed by atoms with E-state index in [0.717, 1.165) is 38.4 Å². The number of nitrogens with one attached hydrogen (secondary N) is 2. The van der Waals surface area contributed by atoms with E-state index in [1.54, 1.807) is 12.3 Å². The van der Waals surface area contributed by atoms with Gasteiger partial charge in [0.25, 0.3) is 11.8 Å². The predicted molar refractivity (Wildman–Crippen MR) is 169 cm³/mol. The van der Waals surface area contributed by atoms with Crippen molar-refractivity contribution in [3.05, 3.63) is 121 Å². The second kappa shape index (κ2) is 10.6. The lowest BCUT2D eigenvalue weighted by atomic mass is 10.1. The van der Waals surface area contributed by atoms with Crippen molar-refractivity contribution in [2.75, 3.05) is 17.2 Å². The number of anilines is 2.